The van der Waals surface area contributed by atoms with E-state index in [1.807, 2.05) is 24.3 Å². The third-order valence-electron chi connectivity index (χ3n) is 12.4. The number of H-pyrrole nitrogens is 2. The van der Waals surface area contributed by atoms with Crippen LogP contribution in [0.1, 0.15) is 104 Å². The van der Waals surface area contributed by atoms with E-state index < -0.39 is 41.9 Å². The molecule has 63 heavy (non-hydrogen) atoms. The first-order valence-corrected chi connectivity index (χ1v) is 21.4. The number of hydrogen-bond donors (Lipinski definition) is 4. The summed E-state index contributed by atoms with van der Waals surface area (Å²) in [5.74, 6) is -0.762. The van der Waals surface area contributed by atoms with Crippen LogP contribution in [0.5, 0.6) is 0 Å². The van der Waals surface area contributed by atoms with Gasteiger partial charge in [-0.25, -0.2) is 28.3 Å². The Morgan fingerprint density at radius 3 is 1.73 bits per heavy atom. The Morgan fingerprint density at radius 1 is 0.667 bits per heavy atom. The summed E-state index contributed by atoms with van der Waals surface area (Å²) in [5, 5.41) is 5.36. The summed E-state index contributed by atoms with van der Waals surface area (Å²) in [4.78, 5) is 73.6. The number of methoxy groups -OCH3 is 2. The molecule has 17 heteroatoms. The van der Waals surface area contributed by atoms with Crippen LogP contribution < -0.4 is 15.5 Å². The molecule has 3 fully saturated rings. The number of carbonyl (C=O) groups excluding carboxylic acids is 4. The number of benzene rings is 3. The van der Waals surface area contributed by atoms with E-state index in [2.05, 4.69) is 25.6 Å². The van der Waals surface area contributed by atoms with Gasteiger partial charge in [0.25, 0.3) is 11.8 Å². The third kappa shape index (κ3) is 9.22. The van der Waals surface area contributed by atoms with E-state index in [1.165, 1.54) is 32.5 Å². The van der Waals surface area contributed by atoms with Gasteiger partial charge < -0.3 is 44.8 Å². The minimum Gasteiger partial charge on any atom is -0.453 e. The van der Waals surface area contributed by atoms with Crippen molar-refractivity contribution in [3.05, 3.63) is 125 Å². The van der Waals surface area contributed by atoms with E-state index >= 15 is 8.78 Å². The van der Waals surface area contributed by atoms with Gasteiger partial charge in [0.05, 0.1) is 38.2 Å². The molecule has 0 aliphatic carbocycles. The van der Waals surface area contributed by atoms with Crippen molar-refractivity contribution in [2.45, 2.75) is 75.0 Å². The third-order valence-corrected chi connectivity index (χ3v) is 12.4. The number of rotatable bonds is 11. The normalized spacial score (nSPS) is 19.0. The maximum atomic E-state index is 15.9. The molecular weight excluding hydrogens is 813 g/mol. The number of hydrogen-bond acceptors (Lipinski definition) is 9. The lowest BCUT2D eigenvalue weighted by molar-refractivity contribution is -0.137. The molecule has 3 aliphatic rings. The molecule has 3 aliphatic heterocycles. The Hall–Kier alpha value is -6.78. The van der Waals surface area contributed by atoms with Crippen molar-refractivity contribution in [1.82, 2.24) is 40.4 Å². The first kappa shape index (κ1) is 42.9. The van der Waals surface area contributed by atoms with Gasteiger partial charge in [-0.15, -0.1) is 0 Å². The predicted molar refractivity (Wildman–Crippen MR) is 228 cm³/mol. The highest BCUT2D eigenvalue weighted by atomic mass is 19.1. The maximum Gasteiger partial charge on any atom is 0.407 e. The van der Waals surface area contributed by atoms with Crippen LogP contribution in [0.15, 0.2) is 85.2 Å². The first-order chi connectivity index (χ1) is 30.6. The van der Waals surface area contributed by atoms with Gasteiger partial charge in [0.1, 0.15) is 41.1 Å². The van der Waals surface area contributed by atoms with Gasteiger partial charge in [-0.1, -0.05) is 60.7 Å². The zero-order valence-corrected chi connectivity index (χ0v) is 35.2. The quantitative estimate of drug-likeness (QED) is 0.106. The van der Waals surface area contributed by atoms with Crippen LogP contribution in [-0.4, -0.2) is 94.1 Å². The Balaban J connectivity index is 0.920. The molecule has 5 heterocycles. The van der Waals surface area contributed by atoms with Crippen LogP contribution >= 0.6 is 0 Å². The molecule has 3 aromatic carbocycles. The van der Waals surface area contributed by atoms with Crippen LogP contribution in [0.25, 0.3) is 11.3 Å². The van der Waals surface area contributed by atoms with Crippen LogP contribution in [0.4, 0.5) is 24.1 Å². The molecule has 0 bridgehead atoms. The number of amides is 4. The van der Waals surface area contributed by atoms with E-state index in [9.17, 15) is 19.2 Å². The number of alkyl carbamates (subject to hydrolysis) is 2. The number of nitrogens with zero attached hydrogens (tertiary/aromatic N) is 5. The molecule has 4 atom stereocenters. The predicted octanol–water partition coefficient (Wildman–Crippen LogP) is 7.37. The van der Waals surface area contributed by atoms with Gasteiger partial charge in [0.2, 0.25) is 0 Å². The highest BCUT2D eigenvalue weighted by Crippen LogP contribution is 2.38. The molecule has 3 saturated heterocycles. The molecule has 5 aromatic rings. The van der Waals surface area contributed by atoms with Crippen molar-refractivity contribution in [2.75, 3.05) is 45.3 Å². The lowest BCUT2D eigenvalue weighted by atomic mass is 9.93. The maximum absolute atomic E-state index is 15.9. The lowest BCUT2D eigenvalue weighted by Crippen LogP contribution is -2.46. The Kier molecular flexibility index (Phi) is 13.0. The number of anilines is 1. The largest absolute Gasteiger partial charge is 0.453 e. The van der Waals surface area contributed by atoms with Crippen LogP contribution in [0.2, 0.25) is 0 Å². The Labute approximate surface area is 363 Å². The van der Waals surface area contributed by atoms with Crippen molar-refractivity contribution in [3.8, 4) is 11.3 Å². The Bertz CT molecular complexity index is 2380. The molecule has 0 radical (unpaired) electrons. The number of nitrogens with one attached hydrogen (secondary N) is 4. The number of imidazole rings is 2. The van der Waals surface area contributed by atoms with Gasteiger partial charge in [-0.3, -0.25) is 9.59 Å². The molecule has 0 spiro atoms. The van der Waals surface area contributed by atoms with Gasteiger partial charge in [-0.05, 0) is 68.2 Å². The van der Waals surface area contributed by atoms with E-state index in [4.69, 9.17) is 14.5 Å². The van der Waals surface area contributed by atoms with Gasteiger partial charge in [0.15, 0.2) is 0 Å². The van der Waals surface area contributed by atoms with Crippen LogP contribution in [0, 0.1) is 11.6 Å². The monoisotopic (exact) mass is 863 g/mol. The van der Waals surface area contributed by atoms with E-state index in [0.29, 0.717) is 86.8 Å². The number of aromatic amines is 2. The molecule has 2 aromatic heterocycles. The summed E-state index contributed by atoms with van der Waals surface area (Å²) >= 11 is 0. The summed E-state index contributed by atoms with van der Waals surface area (Å²) in [5.41, 5.74) is 2.75. The number of carbonyl (C=O) groups is 4. The Morgan fingerprint density at radius 2 is 1.17 bits per heavy atom. The summed E-state index contributed by atoms with van der Waals surface area (Å²) in [6, 6.07) is 17.9. The summed E-state index contributed by atoms with van der Waals surface area (Å²) < 4.78 is 41.5. The second-order valence-electron chi connectivity index (χ2n) is 16.1. The average Bonchev–Trinajstić information content (AvgIpc) is 4.12. The van der Waals surface area contributed by atoms with Crippen molar-refractivity contribution in [1.29, 1.82) is 0 Å². The minimum atomic E-state index is -0.978. The molecule has 0 saturated carbocycles. The fraction of sp³-hybridized carbons (Fsp3) is 0.391. The fourth-order valence-corrected chi connectivity index (χ4v) is 9.16. The van der Waals surface area contributed by atoms with E-state index in [-0.39, 0.29) is 35.0 Å². The van der Waals surface area contributed by atoms with Gasteiger partial charge in [-0.2, -0.15) is 0 Å². The number of likely N-dealkylation sites (tertiary alicyclic amines) is 2. The van der Waals surface area contributed by atoms with Gasteiger partial charge in [0, 0.05) is 49.6 Å². The zero-order valence-electron chi connectivity index (χ0n) is 35.2. The SMILES string of the molecule is COC(=O)NC(C(=O)N1CCCC1c1ncc(-c2cc(F)c(N3CCC(c4cnc(C5CCCCN5C(=O)C(NC(=O)OC)c5ccccc5)[nH]4)CC3)c(F)c2)[nH]1)c1ccccc1. The topological polar surface area (TPSA) is 178 Å². The smallest absolute Gasteiger partial charge is 0.407 e. The molecular formula is C46H51F2N9O6. The average molecular weight is 864 g/mol. The van der Waals surface area contributed by atoms with Crippen LogP contribution in [-0.2, 0) is 19.1 Å². The zero-order chi connectivity index (χ0) is 44.0. The second-order valence-corrected chi connectivity index (χ2v) is 16.1. The highest BCUT2D eigenvalue weighted by Gasteiger charge is 2.38. The second kappa shape index (κ2) is 19.1. The molecule has 4 amide bonds. The molecule has 4 unspecified atom stereocenters. The standard InChI is InChI=1S/C46H51F2N9O6/c1-62-45(60)53-38(29-12-5-3-6-13-29)43(58)56-20-10-9-16-36(56)41-49-26-34(51-41)28-18-22-55(23-19-28)40-32(47)24-31(25-33(40)48)35-27-50-42(52-35)37-17-11-21-57(37)44(59)39(54-46(61)63-2)30-14-7-4-8-15-30/h3-8,12-15,24-28,36-39H,9-11,16-23H2,1-2H3,(H,49,51)(H,50,52)(H,53,60)(H,54,61). The molecule has 330 valence electrons. The minimum absolute atomic E-state index is 0.0587. The van der Waals surface area contributed by atoms with Crippen molar-refractivity contribution in [2.24, 2.45) is 0 Å². The summed E-state index contributed by atoms with van der Waals surface area (Å²) in [7, 11) is 2.50. The number of ether oxygens (including phenoxy) is 2. The number of aromatic nitrogens is 4. The number of halogens is 2. The van der Waals surface area contributed by atoms with Crippen molar-refractivity contribution >= 4 is 29.7 Å². The number of piperidine rings is 2. The molecule has 4 N–H and O–H groups in total. The fourth-order valence-electron chi connectivity index (χ4n) is 9.16. The summed E-state index contributed by atoms with van der Waals surface area (Å²) in [6.45, 7) is 1.77. The van der Waals surface area contributed by atoms with E-state index in [0.717, 1.165) is 18.5 Å². The highest BCUT2D eigenvalue weighted by molar-refractivity contribution is 5.88. The van der Waals surface area contributed by atoms with Crippen molar-refractivity contribution in [3.63, 3.8) is 0 Å². The van der Waals surface area contributed by atoms with Gasteiger partial charge >= 0.3 is 12.2 Å². The van der Waals surface area contributed by atoms with Crippen molar-refractivity contribution < 1.29 is 37.4 Å². The summed E-state index contributed by atoms with van der Waals surface area (Å²) in [6.07, 6.45) is 6.86. The van der Waals surface area contributed by atoms with E-state index in [1.54, 1.807) is 57.3 Å². The first-order valence-electron chi connectivity index (χ1n) is 21.4. The molecule has 15 nitrogen and oxygen atoms in total. The van der Waals surface area contributed by atoms with Crippen LogP contribution in [0.3, 0.4) is 0 Å². The lowest BCUT2D eigenvalue weighted by Gasteiger charge is -2.37. The molecule has 8 rings (SSSR count).